The van der Waals surface area contributed by atoms with Gasteiger partial charge in [0.25, 0.3) is 0 Å². The van der Waals surface area contributed by atoms with Crippen LogP contribution in [0.2, 0.25) is 12.1 Å². The van der Waals surface area contributed by atoms with E-state index < -0.39 is 8.07 Å². The average molecular weight is 1330 g/mol. The smallest absolute Gasteiger partial charge is 0.122 e. The third-order valence-corrected chi connectivity index (χ3v) is 24.7. The van der Waals surface area contributed by atoms with E-state index in [1.807, 2.05) is 45.3 Å². The van der Waals surface area contributed by atoms with E-state index in [-0.39, 0.29) is 42.1 Å². The maximum Gasteiger partial charge on any atom is 0.122 e. The Morgan fingerprint density at radius 3 is 1.26 bits per heavy atom. The minimum absolute atomic E-state index is 0. The molecule has 0 saturated heterocycles. The summed E-state index contributed by atoms with van der Waals surface area (Å²) in [5.41, 5.74) is 8.64. The molecule has 8 aromatic rings. The van der Waals surface area contributed by atoms with Gasteiger partial charge in [0, 0.05) is 74.0 Å². The molecule has 0 radical (unpaired) electrons. The van der Waals surface area contributed by atoms with Gasteiger partial charge in [0.05, 0.1) is 23.5 Å². The van der Waals surface area contributed by atoms with Gasteiger partial charge in [0.15, 0.2) is 0 Å². The van der Waals surface area contributed by atoms with E-state index in [0.29, 0.717) is 0 Å². The Morgan fingerprint density at radius 2 is 0.846 bits per heavy atom. The Morgan fingerprint density at radius 1 is 0.446 bits per heavy atom. The molecule has 13 heteroatoms. The van der Waals surface area contributed by atoms with Crippen LogP contribution in [0.15, 0.2) is 48.5 Å². The zero-order valence-electron chi connectivity index (χ0n) is 38.3. The first-order valence-electron chi connectivity index (χ1n) is 23.9. The van der Waals surface area contributed by atoms with Gasteiger partial charge in [0.1, 0.15) is 8.07 Å². The van der Waals surface area contributed by atoms with Crippen LogP contribution in [0.3, 0.4) is 0 Å². The second-order valence-electron chi connectivity index (χ2n) is 17.6. The zero-order valence-corrected chi connectivity index (χ0v) is 50.1. The summed E-state index contributed by atoms with van der Waals surface area (Å²) in [5.74, 6) is 0. The van der Waals surface area contributed by atoms with Crippen LogP contribution in [-0.4, -0.2) is 25.6 Å². The fourth-order valence-corrected chi connectivity index (χ4v) is 22.5. The van der Waals surface area contributed by atoms with Crippen LogP contribution in [0.25, 0.3) is 73.6 Å². The second-order valence-corrected chi connectivity index (χ2v) is 27.4. The predicted molar refractivity (Wildman–Crippen MR) is 283 cm³/mol. The second kappa shape index (κ2) is 24.3. The third kappa shape index (κ3) is 10.9. The molecule has 342 valence electrons. The van der Waals surface area contributed by atoms with Gasteiger partial charge in [0.2, 0.25) is 0 Å². The van der Waals surface area contributed by atoms with E-state index in [0.717, 1.165) is 46.0 Å². The van der Waals surface area contributed by atoms with Gasteiger partial charge in [-0.15, -0.1) is 58.1 Å². The van der Waals surface area contributed by atoms with Crippen LogP contribution in [0.5, 0.6) is 0 Å². The van der Waals surface area contributed by atoms with Gasteiger partial charge in [-0.05, 0) is 77.4 Å². The maximum atomic E-state index is 5.00. The third-order valence-electron chi connectivity index (χ3n) is 13.2. The zero-order chi connectivity index (χ0) is 43.2. The van der Waals surface area contributed by atoms with Crippen molar-refractivity contribution < 1.29 is 42.1 Å². The predicted octanol–water partition coefficient (Wildman–Crippen LogP) is 17.2. The summed E-state index contributed by atoms with van der Waals surface area (Å²) in [6.07, 6.45) is 23.0. The number of aryl methyl sites for hydroxylation is 2. The van der Waals surface area contributed by atoms with Crippen molar-refractivity contribution in [1.82, 2.24) is 17.5 Å². The molecule has 0 aliphatic carbocycles. The molecule has 7 heterocycles. The van der Waals surface area contributed by atoms with Gasteiger partial charge in [-0.25, -0.2) is 8.75 Å². The molecular weight excluding hydrogens is 1270 g/mol. The summed E-state index contributed by atoms with van der Waals surface area (Å²) < 4.78 is 19.9. The quantitative estimate of drug-likeness (QED) is 0.0344. The van der Waals surface area contributed by atoms with Crippen LogP contribution < -0.4 is 10.4 Å². The molecule has 0 spiro atoms. The topological polar surface area (TPSA) is 51.6 Å². The Hall–Kier alpha value is -1.53. The van der Waals surface area contributed by atoms with E-state index in [1.165, 1.54) is 188 Å². The number of hydrogen-bond donors (Lipinski definition) is 0. The first kappa shape index (κ1) is 51.3. The first-order valence-corrected chi connectivity index (χ1v) is 31.0. The molecule has 0 N–H and O–H groups in total. The van der Waals surface area contributed by atoms with Crippen molar-refractivity contribution in [3.63, 3.8) is 0 Å². The molecule has 0 fully saturated rings. The molecule has 0 amide bonds. The van der Waals surface area contributed by atoms with Crippen LogP contribution in [0.1, 0.15) is 140 Å². The van der Waals surface area contributed by atoms with Gasteiger partial charge in [-0.1, -0.05) is 165 Å². The summed E-state index contributed by atoms with van der Waals surface area (Å²) in [4.78, 5) is 11.1. The summed E-state index contributed by atoms with van der Waals surface area (Å²) in [7, 11) is -2.12. The minimum Gasteiger partial charge on any atom is -0.224 e. The van der Waals surface area contributed by atoms with Crippen molar-refractivity contribution in [1.29, 1.82) is 0 Å². The maximum absolute atomic E-state index is 5.00. The molecule has 6 aromatic heterocycles. The molecule has 2 aromatic carbocycles. The van der Waals surface area contributed by atoms with E-state index in [9.17, 15) is 0 Å². The summed E-state index contributed by atoms with van der Waals surface area (Å²) in [6.45, 7) is 9.24. The Balaban J connectivity index is 0.00000315. The molecule has 4 nitrogen and oxygen atoms in total. The largest absolute Gasteiger partial charge is 0.224 e. The Kier molecular flexibility index (Phi) is 19.2. The number of hydrogen-bond acceptors (Lipinski definition) is 10. The van der Waals surface area contributed by atoms with Crippen molar-refractivity contribution in [2.45, 2.75) is 155 Å². The molecule has 65 heavy (non-hydrogen) atoms. The number of fused-ring (bicyclic) bond motifs is 5. The van der Waals surface area contributed by atoms with Crippen LogP contribution in [0.4, 0.5) is 0 Å². The van der Waals surface area contributed by atoms with Crippen molar-refractivity contribution in [2.24, 2.45) is 0 Å². The van der Waals surface area contributed by atoms with Gasteiger partial charge in [-0.2, -0.15) is 31.4 Å². The monoisotopic (exact) mass is 1330 g/mol. The van der Waals surface area contributed by atoms with Gasteiger partial charge < -0.3 is 0 Å². The van der Waals surface area contributed by atoms with Crippen LogP contribution in [0, 0.1) is 12.1 Å². The summed E-state index contributed by atoms with van der Waals surface area (Å²) in [6, 6.07) is 29.1. The Bertz CT molecular complexity index is 2570. The molecule has 0 unspecified atom stereocenters. The van der Waals surface area contributed by atoms with E-state index >= 15 is 0 Å². The fraction of sp³-hybridized carbons (Fsp3) is 0.462. The van der Waals surface area contributed by atoms with E-state index in [2.05, 4.69) is 88.4 Å². The number of thiophene rings is 4. The first-order chi connectivity index (χ1) is 31.1. The molecule has 1 aliphatic heterocycles. The summed E-state index contributed by atoms with van der Waals surface area (Å²) >= 11 is 10.5. The van der Waals surface area contributed by atoms with Gasteiger partial charge >= 0.3 is 0 Å². The van der Waals surface area contributed by atoms with Crippen LogP contribution in [-0.2, 0) is 55.0 Å². The van der Waals surface area contributed by atoms with Crippen molar-refractivity contribution >= 4 is 109 Å². The molecule has 1 aliphatic rings. The van der Waals surface area contributed by atoms with E-state index in [1.54, 1.807) is 10.4 Å². The Labute approximate surface area is 441 Å². The van der Waals surface area contributed by atoms with E-state index in [4.69, 9.17) is 17.5 Å². The number of rotatable bonds is 24. The van der Waals surface area contributed by atoms with Crippen molar-refractivity contribution in [3.8, 4) is 51.5 Å². The standard InChI is InChI=1S/C52H60N4S6Si.2W/c1-5-9-13-17-21-35-23-29-41(57-35)37-25-27-39(49-47(37)53-61-55-49)43-33-45-51(59-43)52-46(63(45,31-19-15-11-7-3)32-20-16-12-8-4)34-44(60-52)40-28-26-38(48-50(40)56-62-54-48)42-30-24-36(58-42)22-18-14-10-6-2;;/h23-24,27-30,33-34H,5-22,31-32H2,1-4H3;;/q-2;;. The number of aromatic nitrogens is 4. The number of nitrogens with zero attached hydrogens (tertiary/aromatic N) is 4. The molecule has 9 rings (SSSR count). The molecule has 0 saturated carbocycles. The number of benzene rings is 2. The summed E-state index contributed by atoms with van der Waals surface area (Å²) in [5, 5.41) is 3.36. The normalized spacial score (nSPS) is 12.8. The van der Waals surface area contributed by atoms with Crippen molar-refractivity contribution in [2.75, 3.05) is 0 Å². The van der Waals surface area contributed by atoms with Crippen LogP contribution >= 0.6 is 68.8 Å². The minimum atomic E-state index is -2.12. The van der Waals surface area contributed by atoms with Gasteiger partial charge in [-0.3, -0.25) is 0 Å². The SMILES string of the molecule is CCCCCCc1ccc(-c2[c-]cc(-c3cc4c(s3)-c3sc(-c5c[c-]c(-c6ccc(CCCCCC)s6)c6nsnc56)cc3[Si]4(CCCCCC)CCCCCC)c3nsnc23)s1.[W].[W]. The molecule has 0 atom stereocenters. The number of unbranched alkanes of at least 4 members (excludes halogenated alkanes) is 12. The van der Waals surface area contributed by atoms with Crippen molar-refractivity contribution in [3.05, 3.63) is 70.4 Å². The average Bonchev–Trinajstić information content (AvgIpc) is 4.17. The molecule has 0 bridgehead atoms. The molecular formula is C52H60N4S6SiW2-2. The fourth-order valence-electron chi connectivity index (χ4n) is 9.73.